The quantitative estimate of drug-likeness (QED) is 0.616. The van der Waals surface area contributed by atoms with Crippen LogP contribution in [-0.4, -0.2) is 67.0 Å². The van der Waals surface area contributed by atoms with Gasteiger partial charge in [0.25, 0.3) is 0 Å². The molecule has 0 radical (unpaired) electrons. The molecular weight excluding hydrogens is 408 g/mol. The molecule has 2 amide bonds. The van der Waals surface area contributed by atoms with Gasteiger partial charge in [0.2, 0.25) is 5.91 Å². The third-order valence-corrected chi connectivity index (χ3v) is 7.18. The van der Waals surface area contributed by atoms with E-state index in [-0.39, 0.29) is 11.8 Å². The minimum atomic E-state index is -0.579. The number of ether oxygens (including phenoxy) is 3. The van der Waals surface area contributed by atoms with Gasteiger partial charge in [-0.2, -0.15) is 0 Å². The fourth-order valence-electron chi connectivity index (χ4n) is 5.60. The number of likely N-dealkylation sites (tertiary alicyclic amines) is 1. The summed E-state index contributed by atoms with van der Waals surface area (Å²) < 4.78 is 17.5. The Morgan fingerprint density at radius 2 is 1.94 bits per heavy atom. The molecule has 0 bridgehead atoms. The molecule has 4 rings (SSSR count). The molecule has 0 aromatic heterocycles. The van der Waals surface area contributed by atoms with Crippen LogP contribution in [0.25, 0.3) is 0 Å². The molecule has 2 saturated heterocycles. The summed E-state index contributed by atoms with van der Waals surface area (Å²) in [5.41, 5.74) is 0. The van der Waals surface area contributed by atoms with Crippen molar-refractivity contribution in [1.29, 1.82) is 0 Å². The van der Waals surface area contributed by atoms with Crippen molar-refractivity contribution in [3.8, 4) is 5.75 Å². The number of para-hydroxylation sites is 1. The predicted molar refractivity (Wildman–Crippen MR) is 120 cm³/mol. The maximum absolute atomic E-state index is 13.6. The topological polar surface area (TPSA) is 68.3 Å². The Hall–Kier alpha value is -1.96. The van der Waals surface area contributed by atoms with Gasteiger partial charge in [-0.1, -0.05) is 38.0 Å². The van der Waals surface area contributed by atoms with E-state index in [0.717, 1.165) is 44.9 Å². The van der Waals surface area contributed by atoms with Gasteiger partial charge in [0.15, 0.2) is 5.79 Å². The average Bonchev–Trinajstić information content (AvgIpc) is 3.24. The molecule has 1 aromatic rings. The van der Waals surface area contributed by atoms with Crippen LogP contribution in [0, 0.1) is 11.8 Å². The molecule has 3 fully saturated rings. The highest BCUT2D eigenvalue weighted by atomic mass is 16.7. The minimum absolute atomic E-state index is 0.125. The van der Waals surface area contributed by atoms with E-state index in [9.17, 15) is 9.59 Å². The van der Waals surface area contributed by atoms with Crippen molar-refractivity contribution in [2.24, 2.45) is 11.8 Å². The van der Waals surface area contributed by atoms with Crippen LogP contribution in [0.4, 0.5) is 4.79 Å². The van der Waals surface area contributed by atoms with Crippen molar-refractivity contribution in [1.82, 2.24) is 9.80 Å². The molecule has 7 nitrogen and oxygen atoms in total. The van der Waals surface area contributed by atoms with E-state index in [1.54, 1.807) is 12.1 Å². The van der Waals surface area contributed by atoms with E-state index < -0.39 is 11.9 Å². The Labute approximate surface area is 191 Å². The molecule has 2 aliphatic heterocycles. The lowest BCUT2D eigenvalue weighted by Crippen LogP contribution is -2.56. The zero-order valence-electron chi connectivity index (χ0n) is 19.3. The number of rotatable bonds is 6. The smallest absolute Gasteiger partial charge is 0.410 e. The Morgan fingerprint density at radius 3 is 2.66 bits per heavy atom. The van der Waals surface area contributed by atoms with E-state index in [4.69, 9.17) is 14.2 Å². The first-order valence-corrected chi connectivity index (χ1v) is 12.1. The SMILES string of the molecule is CCCCCN(C(=O)Oc1ccccc1)C(=O)[C@@H]1C[C@@H]2CC3(CC[C@H]2N(C)C1)OCCO3. The molecule has 1 saturated carbocycles. The standard InChI is InChI=1S/C25H36N2O5/c1-3-4-8-13-27(24(29)32-21-9-6-5-7-10-21)23(28)20-16-19-17-25(30-14-15-31-25)12-11-22(19)26(2)18-20/h5-7,9-10,19-20,22H,3-4,8,11-18H2,1-2H3/t19-,20-,22-/m1/s1. The van der Waals surface area contributed by atoms with Gasteiger partial charge in [-0.3, -0.25) is 4.79 Å². The number of carbonyl (C=O) groups excluding carboxylic acids is 2. The molecule has 3 atom stereocenters. The van der Waals surface area contributed by atoms with Crippen molar-refractivity contribution >= 4 is 12.0 Å². The number of hydrogen-bond donors (Lipinski definition) is 0. The summed E-state index contributed by atoms with van der Waals surface area (Å²) in [5, 5.41) is 0. The van der Waals surface area contributed by atoms with E-state index >= 15 is 0 Å². The van der Waals surface area contributed by atoms with Crippen LogP contribution in [0.1, 0.15) is 51.9 Å². The first-order valence-electron chi connectivity index (χ1n) is 12.1. The number of fused-ring (bicyclic) bond motifs is 1. The van der Waals surface area contributed by atoms with Crippen molar-refractivity contribution < 1.29 is 23.8 Å². The van der Waals surface area contributed by atoms with Crippen molar-refractivity contribution in [2.45, 2.75) is 63.7 Å². The molecule has 2 heterocycles. The van der Waals surface area contributed by atoms with Crippen molar-refractivity contribution in [2.75, 3.05) is 33.4 Å². The highest BCUT2D eigenvalue weighted by Gasteiger charge is 2.49. The van der Waals surface area contributed by atoms with Crippen LogP contribution < -0.4 is 4.74 Å². The summed E-state index contributed by atoms with van der Waals surface area (Å²) in [7, 11) is 2.09. The van der Waals surface area contributed by atoms with Crippen LogP contribution >= 0.6 is 0 Å². The Bertz CT molecular complexity index is 780. The van der Waals surface area contributed by atoms with Gasteiger partial charge in [0.05, 0.1) is 19.1 Å². The van der Waals surface area contributed by atoms with Gasteiger partial charge in [-0.15, -0.1) is 0 Å². The zero-order chi connectivity index (χ0) is 22.6. The van der Waals surface area contributed by atoms with E-state index in [0.29, 0.717) is 44.0 Å². The molecule has 1 aromatic carbocycles. The van der Waals surface area contributed by atoms with E-state index in [2.05, 4.69) is 18.9 Å². The van der Waals surface area contributed by atoms with Crippen LogP contribution in [0.5, 0.6) is 5.75 Å². The largest absolute Gasteiger partial charge is 0.421 e. The number of nitrogens with zero attached hydrogens (tertiary/aromatic N) is 2. The average molecular weight is 445 g/mol. The lowest BCUT2D eigenvalue weighted by Gasteiger charge is -2.49. The number of carbonyl (C=O) groups is 2. The molecule has 32 heavy (non-hydrogen) atoms. The lowest BCUT2D eigenvalue weighted by atomic mass is 9.72. The fourth-order valence-corrected chi connectivity index (χ4v) is 5.60. The summed E-state index contributed by atoms with van der Waals surface area (Å²) in [6.45, 7) is 4.45. The molecular formula is C25H36N2O5. The molecule has 176 valence electrons. The normalized spacial score (nSPS) is 27.1. The van der Waals surface area contributed by atoms with Crippen LogP contribution in [0.15, 0.2) is 30.3 Å². The Morgan fingerprint density at radius 1 is 1.19 bits per heavy atom. The van der Waals surface area contributed by atoms with Gasteiger partial charge in [-0.05, 0) is 44.4 Å². The van der Waals surface area contributed by atoms with Crippen LogP contribution in [0.2, 0.25) is 0 Å². The van der Waals surface area contributed by atoms with E-state index in [1.165, 1.54) is 4.90 Å². The second kappa shape index (κ2) is 10.3. The molecule has 7 heteroatoms. The second-order valence-corrected chi connectivity index (χ2v) is 9.43. The summed E-state index contributed by atoms with van der Waals surface area (Å²) in [6.07, 6.45) is 5.68. The summed E-state index contributed by atoms with van der Waals surface area (Å²) in [5.74, 6) is -0.0588. The maximum Gasteiger partial charge on any atom is 0.421 e. The molecule has 1 spiro atoms. The number of unbranched alkanes of at least 4 members (excludes halogenated alkanes) is 2. The zero-order valence-corrected chi connectivity index (χ0v) is 19.3. The molecule has 1 aliphatic carbocycles. The third-order valence-electron chi connectivity index (χ3n) is 7.18. The summed E-state index contributed by atoms with van der Waals surface area (Å²) in [6, 6.07) is 9.39. The van der Waals surface area contributed by atoms with Gasteiger partial charge in [-0.25, -0.2) is 9.69 Å². The number of benzene rings is 1. The van der Waals surface area contributed by atoms with Crippen molar-refractivity contribution in [3.05, 3.63) is 30.3 Å². The lowest BCUT2D eigenvalue weighted by molar-refractivity contribution is -0.202. The van der Waals surface area contributed by atoms with Gasteiger partial charge in [0.1, 0.15) is 5.75 Å². The maximum atomic E-state index is 13.6. The monoisotopic (exact) mass is 444 g/mol. The number of imide groups is 1. The number of hydrogen-bond acceptors (Lipinski definition) is 6. The predicted octanol–water partition coefficient (Wildman–Crippen LogP) is 4.07. The minimum Gasteiger partial charge on any atom is -0.410 e. The van der Waals surface area contributed by atoms with E-state index in [1.807, 2.05) is 18.2 Å². The van der Waals surface area contributed by atoms with Gasteiger partial charge < -0.3 is 19.1 Å². The Kier molecular flexibility index (Phi) is 7.48. The summed E-state index contributed by atoms with van der Waals surface area (Å²) >= 11 is 0. The third kappa shape index (κ3) is 5.16. The first-order chi connectivity index (χ1) is 15.5. The highest BCUT2D eigenvalue weighted by molar-refractivity contribution is 5.94. The number of piperidine rings is 1. The fraction of sp³-hybridized carbons (Fsp3) is 0.680. The Balaban J connectivity index is 1.46. The second-order valence-electron chi connectivity index (χ2n) is 9.43. The molecule has 3 aliphatic rings. The van der Waals surface area contributed by atoms with Crippen LogP contribution in [-0.2, 0) is 14.3 Å². The summed E-state index contributed by atoms with van der Waals surface area (Å²) in [4.78, 5) is 30.2. The molecule has 0 N–H and O–H groups in total. The molecule has 0 unspecified atom stereocenters. The highest BCUT2D eigenvalue weighted by Crippen LogP contribution is 2.45. The van der Waals surface area contributed by atoms with Crippen LogP contribution in [0.3, 0.4) is 0 Å². The van der Waals surface area contributed by atoms with Gasteiger partial charge in [0, 0.05) is 32.0 Å². The van der Waals surface area contributed by atoms with Crippen molar-refractivity contribution in [3.63, 3.8) is 0 Å². The first kappa shape index (κ1) is 23.2. The van der Waals surface area contributed by atoms with Gasteiger partial charge >= 0.3 is 6.09 Å². The number of amides is 2.